The number of pyridine rings is 1. The highest BCUT2D eigenvalue weighted by Crippen LogP contribution is 2.29. The second-order valence-electron chi connectivity index (χ2n) is 8.04. The van der Waals surface area contributed by atoms with Crippen LogP contribution in [-0.2, 0) is 6.54 Å². The number of carbonyl (C=O) groups is 1. The van der Waals surface area contributed by atoms with Gasteiger partial charge in [0.05, 0.1) is 5.69 Å². The van der Waals surface area contributed by atoms with E-state index >= 15 is 0 Å². The fraction of sp³-hybridized carbons (Fsp3) is 0.280. The van der Waals surface area contributed by atoms with Crippen molar-refractivity contribution in [1.82, 2.24) is 15.2 Å². The lowest BCUT2D eigenvalue weighted by atomic mass is 10.2. The van der Waals surface area contributed by atoms with Crippen molar-refractivity contribution in [3.05, 3.63) is 78.0 Å². The van der Waals surface area contributed by atoms with Gasteiger partial charge in [-0.3, -0.25) is 0 Å². The van der Waals surface area contributed by atoms with Gasteiger partial charge in [-0.1, -0.05) is 30.3 Å². The predicted octanol–water partition coefficient (Wildman–Crippen LogP) is 4.26. The summed E-state index contributed by atoms with van der Waals surface area (Å²) < 4.78 is 5.97. The first-order valence-corrected chi connectivity index (χ1v) is 10.8. The molecule has 7 nitrogen and oxygen atoms in total. The highest BCUT2D eigenvalue weighted by atomic mass is 16.5. The number of ether oxygens (including phenoxy) is 1. The molecular formula is C25H29N5O2. The molecule has 4 rings (SSSR count). The van der Waals surface area contributed by atoms with E-state index in [1.807, 2.05) is 73.8 Å². The van der Waals surface area contributed by atoms with Crippen molar-refractivity contribution in [3.63, 3.8) is 0 Å². The van der Waals surface area contributed by atoms with Crippen LogP contribution >= 0.6 is 0 Å². The lowest BCUT2D eigenvalue weighted by Crippen LogP contribution is -2.44. The van der Waals surface area contributed by atoms with E-state index in [0.717, 1.165) is 48.9 Å². The number of rotatable bonds is 6. The number of nitrogens with zero attached hydrogens (tertiary/aromatic N) is 3. The summed E-state index contributed by atoms with van der Waals surface area (Å²) in [5, 5.41) is 5.76. The molecule has 1 fully saturated rings. The molecule has 7 heteroatoms. The lowest BCUT2D eigenvalue weighted by molar-refractivity contribution is 0.251. The summed E-state index contributed by atoms with van der Waals surface area (Å²) >= 11 is 0. The standard InChI is InChI=1S/C25H29N5O2/c1-19-6-5-7-21(16-19)32-23-9-4-3-8-22(23)28-25(31)27-18-20-10-11-24(26-17-20)30-14-12-29(2)13-15-30/h3-11,16-17H,12-15,18H2,1-2H3,(H2,27,28,31). The van der Waals surface area contributed by atoms with Gasteiger partial charge in [0.2, 0.25) is 0 Å². The minimum absolute atomic E-state index is 0.298. The summed E-state index contributed by atoms with van der Waals surface area (Å²) in [6, 6.07) is 18.9. The van der Waals surface area contributed by atoms with Crippen LogP contribution in [0.15, 0.2) is 66.9 Å². The molecular weight excluding hydrogens is 402 g/mol. The van der Waals surface area contributed by atoms with Crippen LogP contribution in [0.1, 0.15) is 11.1 Å². The maximum Gasteiger partial charge on any atom is 0.319 e. The third-order valence-electron chi connectivity index (χ3n) is 5.44. The van der Waals surface area contributed by atoms with Gasteiger partial charge in [-0.15, -0.1) is 0 Å². The maximum atomic E-state index is 12.5. The molecule has 0 radical (unpaired) electrons. The van der Waals surface area contributed by atoms with Crippen molar-refractivity contribution >= 4 is 17.5 Å². The number of hydrogen-bond acceptors (Lipinski definition) is 5. The fourth-order valence-electron chi connectivity index (χ4n) is 3.56. The normalized spacial score (nSPS) is 14.1. The van der Waals surface area contributed by atoms with Crippen LogP contribution in [0.3, 0.4) is 0 Å². The first kappa shape index (κ1) is 21.6. The molecule has 1 aliphatic rings. The van der Waals surface area contributed by atoms with E-state index < -0.39 is 0 Å². The Kier molecular flexibility index (Phi) is 6.87. The molecule has 2 N–H and O–H groups in total. The van der Waals surface area contributed by atoms with Gasteiger partial charge in [0.25, 0.3) is 0 Å². The topological polar surface area (TPSA) is 69.7 Å². The van der Waals surface area contributed by atoms with Crippen LogP contribution in [0.4, 0.5) is 16.3 Å². The molecule has 2 amide bonds. The minimum atomic E-state index is -0.298. The molecule has 0 unspecified atom stereocenters. The molecule has 1 saturated heterocycles. The van der Waals surface area contributed by atoms with Crippen LogP contribution in [0.2, 0.25) is 0 Å². The summed E-state index contributed by atoms with van der Waals surface area (Å²) in [7, 11) is 2.14. The SMILES string of the molecule is Cc1cccc(Oc2ccccc2NC(=O)NCc2ccc(N3CCN(C)CC3)nc2)c1. The van der Waals surface area contributed by atoms with Crippen LogP contribution in [0.25, 0.3) is 0 Å². The first-order chi connectivity index (χ1) is 15.6. The molecule has 1 aromatic heterocycles. The van der Waals surface area contributed by atoms with Gasteiger partial charge >= 0.3 is 6.03 Å². The Hall–Kier alpha value is -3.58. The summed E-state index contributed by atoms with van der Waals surface area (Å²) in [5.41, 5.74) is 2.66. The zero-order valence-electron chi connectivity index (χ0n) is 18.5. The molecule has 166 valence electrons. The minimum Gasteiger partial charge on any atom is -0.455 e. The average molecular weight is 432 g/mol. The van der Waals surface area contributed by atoms with Crippen LogP contribution < -0.4 is 20.3 Å². The van der Waals surface area contributed by atoms with E-state index in [1.54, 1.807) is 0 Å². The highest BCUT2D eigenvalue weighted by molar-refractivity contribution is 5.90. The largest absolute Gasteiger partial charge is 0.455 e. The Morgan fingerprint density at radius 2 is 1.84 bits per heavy atom. The van der Waals surface area contributed by atoms with Gasteiger partial charge in [0.15, 0.2) is 5.75 Å². The van der Waals surface area contributed by atoms with Gasteiger partial charge in [-0.2, -0.15) is 0 Å². The summed E-state index contributed by atoms with van der Waals surface area (Å²) in [5.74, 6) is 2.30. The van der Waals surface area contributed by atoms with Crippen LogP contribution in [0, 0.1) is 6.92 Å². The van der Waals surface area contributed by atoms with E-state index in [1.165, 1.54) is 0 Å². The Morgan fingerprint density at radius 1 is 1.03 bits per heavy atom. The molecule has 32 heavy (non-hydrogen) atoms. The van der Waals surface area contributed by atoms with Crippen molar-refractivity contribution in [1.29, 1.82) is 0 Å². The molecule has 2 heterocycles. The number of nitrogens with one attached hydrogen (secondary N) is 2. The number of benzene rings is 2. The van der Waals surface area contributed by atoms with Crippen molar-refractivity contribution in [3.8, 4) is 11.5 Å². The second-order valence-corrected chi connectivity index (χ2v) is 8.04. The lowest BCUT2D eigenvalue weighted by Gasteiger charge is -2.33. The Balaban J connectivity index is 1.31. The molecule has 0 saturated carbocycles. The van der Waals surface area contributed by atoms with Crippen LogP contribution in [0.5, 0.6) is 11.5 Å². The highest BCUT2D eigenvalue weighted by Gasteiger charge is 2.15. The van der Waals surface area contributed by atoms with Crippen molar-refractivity contribution in [2.45, 2.75) is 13.5 Å². The molecule has 0 atom stereocenters. The summed E-state index contributed by atoms with van der Waals surface area (Å²) in [6.07, 6.45) is 1.82. The number of anilines is 2. The predicted molar refractivity (Wildman–Crippen MR) is 128 cm³/mol. The van der Waals surface area contributed by atoms with Gasteiger partial charge in [-0.05, 0) is 55.4 Å². The Labute approximate surface area is 189 Å². The molecule has 0 bridgehead atoms. The molecule has 2 aromatic carbocycles. The third kappa shape index (κ3) is 5.76. The number of carbonyl (C=O) groups excluding carboxylic acids is 1. The van der Waals surface area contributed by atoms with Gasteiger partial charge in [0.1, 0.15) is 11.6 Å². The quantitative estimate of drug-likeness (QED) is 0.610. The number of hydrogen-bond donors (Lipinski definition) is 2. The molecule has 1 aliphatic heterocycles. The number of amides is 2. The number of urea groups is 1. The zero-order valence-corrected chi connectivity index (χ0v) is 18.5. The van der Waals surface area contributed by atoms with Gasteiger partial charge < -0.3 is 25.2 Å². The fourth-order valence-corrected chi connectivity index (χ4v) is 3.56. The van der Waals surface area contributed by atoms with Crippen molar-refractivity contribution in [2.24, 2.45) is 0 Å². The van der Waals surface area contributed by atoms with E-state index in [2.05, 4.69) is 32.5 Å². The maximum absolute atomic E-state index is 12.5. The number of likely N-dealkylation sites (N-methyl/N-ethyl adjacent to an activating group) is 1. The number of para-hydroxylation sites is 2. The Bertz CT molecular complexity index is 1050. The smallest absolute Gasteiger partial charge is 0.319 e. The molecule has 3 aromatic rings. The summed E-state index contributed by atoms with van der Waals surface area (Å²) in [6.45, 7) is 6.45. The van der Waals surface area contributed by atoms with Crippen molar-refractivity contribution < 1.29 is 9.53 Å². The zero-order chi connectivity index (χ0) is 22.3. The number of aromatic nitrogens is 1. The van der Waals surface area contributed by atoms with Gasteiger partial charge in [0, 0.05) is 38.9 Å². The Morgan fingerprint density at radius 3 is 2.59 bits per heavy atom. The van der Waals surface area contributed by atoms with Crippen LogP contribution in [-0.4, -0.2) is 49.1 Å². The van der Waals surface area contributed by atoms with E-state index in [0.29, 0.717) is 18.0 Å². The number of piperazine rings is 1. The monoisotopic (exact) mass is 431 g/mol. The van der Waals surface area contributed by atoms with Crippen molar-refractivity contribution in [2.75, 3.05) is 43.4 Å². The first-order valence-electron chi connectivity index (χ1n) is 10.8. The van der Waals surface area contributed by atoms with Gasteiger partial charge in [-0.25, -0.2) is 9.78 Å². The molecule has 0 aliphatic carbocycles. The second kappa shape index (κ2) is 10.2. The summed E-state index contributed by atoms with van der Waals surface area (Å²) in [4.78, 5) is 21.7. The van der Waals surface area contributed by atoms with E-state index in [-0.39, 0.29) is 6.03 Å². The molecule has 0 spiro atoms. The van der Waals surface area contributed by atoms with E-state index in [9.17, 15) is 4.79 Å². The number of aryl methyl sites for hydroxylation is 1. The third-order valence-corrected chi connectivity index (χ3v) is 5.44. The van der Waals surface area contributed by atoms with E-state index in [4.69, 9.17) is 4.74 Å². The average Bonchev–Trinajstić information content (AvgIpc) is 2.80.